The predicted octanol–water partition coefficient (Wildman–Crippen LogP) is 5.26. The van der Waals surface area contributed by atoms with E-state index in [4.69, 9.17) is 9.47 Å². The minimum absolute atomic E-state index is 0.102. The minimum Gasteiger partial charge on any atom is -0.475 e. The number of hydrogen-bond acceptors (Lipinski definition) is 7. The summed E-state index contributed by atoms with van der Waals surface area (Å²) in [4.78, 5) is 35.4. The lowest BCUT2D eigenvalue weighted by molar-refractivity contribution is -0.137. The highest BCUT2D eigenvalue weighted by Gasteiger charge is 2.32. The van der Waals surface area contributed by atoms with Gasteiger partial charge in [-0.2, -0.15) is 13.2 Å². The number of hydrogen-bond donors (Lipinski definition) is 2. The van der Waals surface area contributed by atoms with Gasteiger partial charge < -0.3 is 29.6 Å². The van der Waals surface area contributed by atoms with Crippen LogP contribution >= 0.6 is 0 Å². The Balaban J connectivity index is 1.30. The van der Waals surface area contributed by atoms with Crippen LogP contribution in [-0.2, 0) is 13.2 Å². The van der Waals surface area contributed by atoms with E-state index in [1.165, 1.54) is 17.0 Å². The first-order valence-electron chi connectivity index (χ1n) is 12.8. The lowest BCUT2D eigenvalue weighted by Crippen LogP contribution is -2.31. The van der Waals surface area contributed by atoms with Crippen molar-refractivity contribution in [2.24, 2.45) is 7.05 Å². The fraction of sp³-hybridized carbons (Fsp3) is 0.286. The van der Waals surface area contributed by atoms with E-state index in [1.54, 1.807) is 43.4 Å². The molecule has 3 heterocycles. The van der Waals surface area contributed by atoms with E-state index >= 15 is 0 Å². The number of nitrogens with one attached hydrogen (secondary N) is 2. The third-order valence-corrected chi connectivity index (χ3v) is 6.73. The van der Waals surface area contributed by atoms with Crippen molar-refractivity contribution in [3.8, 4) is 17.4 Å². The van der Waals surface area contributed by atoms with E-state index in [1.807, 2.05) is 7.05 Å². The van der Waals surface area contributed by atoms with Gasteiger partial charge in [-0.1, -0.05) is 6.07 Å². The summed E-state index contributed by atoms with van der Waals surface area (Å²) in [6, 6.07) is 11.4. The molecule has 0 bridgehead atoms. The number of aromatic nitrogens is 3. The predicted molar refractivity (Wildman–Crippen MR) is 147 cm³/mol. The molecule has 0 spiro atoms. The second-order valence-electron chi connectivity index (χ2n) is 9.71. The monoisotopic (exact) mass is 568 g/mol. The summed E-state index contributed by atoms with van der Waals surface area (Å²) in [6.07, 6.45) is -0.650. The Morgan fingerprint density at radius 3 is 2.63 bits per heavy atom. The summed E-state index contributed by atoms with van der Waals surface area (Å²) in [6.45, 7) is 1.13. The lowest BCUT2D eigenvalue weighted by atomic mass is 10.2. The van der Waals surface area contributed by atoms with Crippen molar-refractivity contribution in [1.29, 1.82) is 0 Å². The number of halogens is 3. The van der Waals surface area contributed by atoms with Crippen LogP contribution in [0.5, 0.6) is 17.4 Å². The number of nitrogens with zero attached hydrogens (tertiary/aromatic N) is 4. The van der Waals surface area contributed by atoms with Crippen LogP contribution in [0.15, 0.2) is 65.8 Å². The van der Waals surface area contributed by atoms with Crippen molar-refractivity contribution in [2.75, 3.05) is 30.8 Å². The van der Waals surface area contributed by atoms with Crippen LogP contribution in [0.1, 0.15) is 18.4 Å². The molecule has 5 rings (SSSR count). The van der Waals surface area contributed by atoms with E-state index in [-0.39, 0.29) is 29.8 Å². The van der Waals surface area contributed by atoms with Crippen molar-refractivity contribution in [3.63, 3.8) is 0 Å². The molecule has 2 aromatic heterocycles. The average molecular weight is 569 g/mol. The van der Waals surface area contributed by atoms with Gasteiger partial charge in [0.15, 0.2) is 0 Å². The van der Waals surface area contributed by atoms with E-state index in [0.717, 1.165) is 25.5 Å². The first-order valence-corrected chi connectivity index (χ1v) is 12.8. The molecule has 0 radical (unpaired) electrons. The van der Waals surface area contributed by atoms with Gasteiger partial charge in [0.1, 0.15) is 23.8 Å². The number of carbonyl (C=O) groups is 1. The molecule has 13 heteroatoms. The van der Waals surface area contributed by atoms with E-state index < -0.39 is 17.8 Å². The largest absolute Gasteiger partial charge is 0.475 e. The molecule has 10 nitrogen and oxygen atoms in total. The Labute approximate surface area is 232 Å². The number of benzene rings is 2. The van der Waals surface area contributed by atoms with Gasteiger partial charge in [-0.3, -0.25) is 4.79 Å². The molecule has 1 aliphatic rings. The molecule has 0 unspecified atom stereocenters. The maximum Gasteiger partial charge on any atom is 0.417 e. The Kier molecular flexibility index (Phi) is 7.79. The molecule has 1 aliphatic heterocycles. The van der Waals surface area contributed by atoms with Crippen molar-refractivity contribution < 1.29 is 27.4 Å². The van der Waals surface area contributed by atoms with Crippen LogP contribution in [0.25, 0.3) is 10.9 Å². The highest BCUT2D eigenvalue weighted by atomic mass is 19.4. The number of fused-ring (bicyclic) bond motifs is 1. The summed E-state index contributed by atoms with van der Waals surface area (Å²) < 4.78 is 53.1. The number of amides is 2. The number of aryl methyl sites for hydroxylation is 1. The molecule has 1 atom stereocenters. The Morgan fingerprint density at radius 2 is 1.88 bits per heavy atom. The van der Waals surface area contributed by atoms with E-state index in [9.17, 15) is 22.8 Å². The number of pyridine rings is 1. The number of likely N-dealkylation sites (N-methyl/N-ethyl adjacent to an activating group) is 1. The number of ether oxygens (including phenoxy) is 2. The van der Waals surface area contributed by atoms with Crippen LogP contribution in [0, 0.1) is 0 Å². The summed E-state index contributed by atoms with van der Waals surface area (Å²) in [7, 11) is 3.55. The third-order valence-electron chi connectivity index (χ3n) is 6.73. The van der Waals surface area contributed by atoms with Crippen LogP contribution in [0.3, 0.4) is 0 Å². The zero-order valence-corrected chi connectivity index (χ0v) is 22.2. The van der Waals surface area contributed by atoms with Crippen molar-refractivity contribution >= 4 is 28.3 Å². The molecule has 4 aromatic rings. The normalized spacial score (nSPS) is 15.6. The quantitative estimate of drug-likeness (QED) is 0.313. The fourth-order valence-electron chi connectivity index (χ4n) is 4.49. The van der Waals surface area contributed by atoms with Gasteiger partial charge in [0.25, 0.3) is 5.56 Å². The first-order chi connectivity index (χ1) is 19.6. The van der Waals surface area contributed by atoms with E-state index in [2.05, 4.69) is 25.5 Å². The molecule has 1 fully saturated rings. The Hall–Kier alpha value is -4.65. The molecule has 2 amide bonds. The number of urea groups is 1. The standard InChI is InChI=1S/C28H27F3N6O4/c1-36-10-4-6-19(36)15-40-25-24(11-17(14-32-25)28(29,30)31)35-27(39)34-18-5-3-7-20(12-18)41-21-8-9-23-22(13-21)26(38)37(2)16-33-23/h3,5,7-9,11-14,16,19H,4,6,10,15H2,1-2H3,(H2,34,35,39)/t19-/m0/s1. The fourth-order valence-corrected chi connectivity index (χ4v) is 4.49. The summed E-state index contributed by atoms with van der Waals surface area (Å²) in [5.74, 6) is 0.629. The molecule has 1 saturated heterocycles. The van der Waals surface area contributed by atoms with Gasteiger partial charge in [-0.15, -0.1) is 0 Å². The second-order valence-corrected chi connectivity index (χ2v) is 9.71. The van der Waals surface area contributed by atoms with Gasteiger partial charge >= 0.3 is 12.2 Å². The van der Waals surface area contributed by atoms with Gasteiger partial charge in [0.05, 0.1) is 22.8 Å². The molecule has 2 N–H and O–H groups in total. The Bertz CT molecular complexity index is 1640. The van der Waals surface area contributed by atoms with Crippen LogP contribution in [-0.4, -0.2) is 51.7 Å². The zero-order chi connectivity index (χ0) is 29.1. The van der Waals surface area contributed by atoms with Gasteiger partial charge in [0, 0.05) is 31.0 Å². The van der Waals surface area contributed by atoms with Crippen LogP contribution < -0.4 is 25.7 Å². The zero-order valence-electron chi connectivity index (χ0n) is 22.2. The lowest BCUT2D eigenvalue weighted by Gasteiger charge is -2.20. The number of alkyl halides is 3. The molecule has 0 aliphatic carbocycles. The summed E-state index contributed by atoms with van der Waals surface area (Å²) in [5.41, 5.74) is -0.621. The first kappa shape index (κ1) is 27.9. The number of anilines is 2. The smallest absolute Gasteiger partial charge is 0.417 e. The topological polar surface area (TPSA) is 111 Å². The van der Waals surface area contributed by atoms with Crippen molar-refractivity contribution in [1.82, 2.24) is 19.4 Å². The molecular formula is C28H27F3N6O4. The maximum absolute atomic E-state index is 13.4. The molecule has 0 saturated carbocycles. The maximum atomic E-state index is 13.4. The highest BCUT2D eigenvalue weighted by Crippen LogP contribution is 2.34. The Morgan fingerprint density at radius 1 is 1.07 bits per heavy atom. The van der Waals surface area contributed by atoms with Crippen LogP contribution in [0.2, 0.25) is 0 Å². The SMILES string of the molecule is CN1CCC[C@H]1COc1ncc(C(F)(F)F)cc1NC(=O)Nc1cccc(Oc2ccc3ncn(C)c(=O)c3c2)c1. The molecule has 214 valence electrons. The van der Waals surface area contributed by atoms with Gasteiger partial charge in [-0.05, 0) is 62.8 Å². The van der Waals surface area contributed by atoms with Crippen molar-refractivity contribution in [3.05, 3.63) is 77.0 Å². The summed E-state index contributed by atoms with van der Waals surface area (Å²) >= 11 is 0. The second kappa shape index (κ2) is 11.5. The highest BCUT2D eigenvalue weighted by molar-refractivity contribution is 6.00. The van der Waals surface area contributed by atoms with Crippen molar-refractivity contribution in [2.45, 2.75) is 25.1 Å². The van der Waals surface area contributed by atoms with E-state index in [0.29, 0.717) is 34.3 Å². The third kappa shape index (κ3) is 6.57. The number of likely N-dealkylation sites (tertiary alicyclic amines) is 1. The number of carbonyl (C=O) groups excluding carboxylic acids is 1. The molecular weight excluding hydrogens is 541 g/mol. The van der Waals surface area contributed by atoms with Crippen LogP contribution in [0.4, 0.5) is 29.3 Å². The number of rotatable bonds is 7. The molecule has 2 aromatic carbocycles. The average Bonchev–Trinajstić information content (AvgIpc) is 3.34. The van der Waals surface area contributed by atoms with Gasteiger partial charge in [0.2, 0.25) is 5.88 Å². The summed E-state index contributed by atoms with van der Waals surface area (Å²) in [5, 5.41) is 5.39. The van der Waals surface area contributed by atoms with Gasteiger partial charge in [-0.25, -0.2) is 14.8 Å². The molecule has 41 heavy (non-hydrogen) atoms. The minimum atomic E-state index is -4.65.